The molecule has 3 aromatic rings. The van der Waals surface area contributed by atoms with Crippen molar-refractivity contribution in [1.82, 2.24) is 20.0 Å². The summed E-state index contributed by atoms with van der Waals surface area (Å²) >= 11 is 0. The molecule has 3 rings (SSSR count). The van der Waals surface area contributed by atoms with Gasteiger partial charge in [-0.1, -0.05) is 47.7 Å². The van der Waals surface area contributed by atoms with Gasteiger partial charge >= 0.3 is 0 Å². The van der Waals surface area contributed by atoms with E-state index in [1.165, 1.54) is 4.68 Å². The van der Waals surface area contributed by atoms with Crippen molar-refractivity contribution >= 4 is 11.9 Å². The second kappa shape index (κ2) is 6.58. The molecule has 0 saturated heterocycles. The molecule has 0 spiro atoms. The van der Waals surface area contributed by atoms with Crippen LogP contribution in [0.25, 0.3) is 17.5 Å². The lowest BCUT2D eigenvalue weighted by Gasteiger charge is -1.95. The molecule has 2 aromatic heterocycles. The van der Waals surface area contributed by atoms with E-state index >= 15 is 0 Å². The average molecular weight is 290 g/mol. The highest BCUT2D eigenvalue weighted by atomic mass is 16.1. The van der Waals surface area contributed by atoms with Crippen LogP contribution < -0.4 is 0 Å². The van der Waals surface area contributed by atoms with Crippen molar-refractivity contribution in [3.05, 3.63) is 72.6 Å². The maximum absolute atomic E-state index is 11.9. The van der Waals surface area contributed by atoms with Gasteiger partial charge in [-0.25, -0.2) is 4.68 Å². The summed E-state index contributed by atoms with van der Waals surface area (Å²) in [5, 5.41) is 7.99. The summed E-state index contributed by atoms with van der Waals surface area (Å²) in [6, 6.07) is 15.3. The van der Waals surface area contributed by atoms with Gasteiger partial charge in [0, 0.05) is 6.20 Å². The van der Waals surface area contributed by atoms with Crippen molar-refractivity contribution in [2.45, 2.75) is 6.54 Å². The minimum atomic E-state index is -0.0404. The van der Waals surface area contributed by atoms with Gasteiger partial charge < -0.3 is 0 Å². The molecule has 0 bridgehead atoms. The van der Waals surface area contributed by atoms with Crippen molar-refractivity contribution in [1.29, 1.82) is 0 Å². The van der Waals surface area contributed by atoms with Crippen LogP contribution in [-0.4, -0.2) is 25.8 Å². The van der Waals surface area contributed by atoms with Gasteiger partial charge in [-0.3, -0.25) is 9.78 Å². The Kier molecular flexibility index (Phi) is 4.15. The highest BCUT2D eigenvalue weighted by Crippen LogP contribution is 2.11. The molecule has 0 fully saturated rings. The first-order valence-electron chi connectivity index (χ1n) is 6.89. The number of nitrogens with zero attached hydrogens (tertiary/aromatic N) is 4. The Bertz CT molecular complexity index is 779. The summed E-state index contributed by atoms with van der Waals surface area (Å²) in [6.45, 7) is 0.156. The first-order valence-corrected chi connectivity index (χ1v) is 6.89. The third-order valence-electron chi connectivity index (χ3n) is 3.05. The highest BCUT2D eigenvalue weighted by molar-refractivity contribution is 5.93. The summed E-state index contributed by atoms with van der Waals surface area (Å²) < 4.78 is 1.52. The van der Waals surface area contributed by atoms with E-state index in [0.717, 1.165) is 11.3 Å². The summed E-state index contributed by atoms with van der Waals surface area (Å²) in [7, 11) is 0. The lowest BCUT2D eigenvalue weighted by atomic mass is 10.2. The van der Waals surface area contributed by atoms with Crippen LogP contribution >= 0.6 is 0 Å². The molecule has 0 amide bonds. The van der Waals surface area contributed by atoms with Crippen molar-refractivity contribution in [2.75, 3.05) is 0 Å². The molecule has 0 radical (unpaired) electrons. The second-order valence-corrected chi connectivity index (χ2v) is 4.73. The molecule has 1 aromatic carbocycles. The topological polar surface area (TPSA) is 60.7 Å². The molecular weight excluding hydrogens is 276 g/mol. The first-order chi connectivity index (χ1) is 10.8. The third-order valence-corrected chi connectivity index (χ3v) is 3.05. The van der Waals surface area contributed by atoms with Gasteiger partial charge in [0.2, 0.25) is 0 Å². The van der Waals surface area contributed by atoms with E-state index in [1.807, 2.05) is 48.5 Å². The monoisotopic (exact) mass is 290 g/mol. The Morgan fingerprint density at radius 3 is 2.64 bits per heavy atom. The first kappa shape index (κ1) is 13.9. The summed E-state index contributed by atoms with van der Waals surface area (Å²) in [4.78, 5) is 16.1. The van der Waals surface area contributed by atoms with E-state index in [4.69, 9.17) is 0 Å². The van der Waals surface area contributed by atoms with Crippen LogP contribution in [0.1, 0.15) is 5.56 Å². The van der Waals surface area contributed by atoms with Gasteiger partial charge in [-0.15, -0.1) is 5.10 Å². The fourth-order valence-electron chi connectivity index (χ4n) is 1.97. The van der Waals surface area contributed by atoms with Gasteiger partial charge in [-0.05, 0) is 23.8 Å². The van der Waals surface area contributed by atoms with Crippen LogP contribution in [0.3, 0.4) is 0 Å². The number of ketones is 1. The molecule has 0 saturated carbocycles. The predicted octanol–water partition coefficient (Wildman–Crippen LogP) is 2.62. The van der Waals surface area contributed by atoms with E-state index in [1.54, 1.807) is 24.5 Å². The molecule has 0 aliphatic heterocycles. The Balaban J connectivity index is 1.65. The van der Waals surface area contributed by atoms with Crippen LogP contribution in [-0.2, 0) is 11.3 Å². The fraction of sp³-hybridized carbons (Fsp3) is 0.0588. The van der Waals surface area contributed by atoms with Gasteiger partial charge in [0.05, 0.1) is 11.9 Å². The van der Waals surface area contributed by atoms with Crippen LogP contribution in [0.4, 0.5) is 0 Å². The molecule has 5 nitrogen and oxygen atoms in total. The largest absolute Gasteiger partial charge is 0.293 e. The van der Waals surface area contributed by atoms with Crippen molar-refractivity contribution in [3.63, 3.8) is 0 Å². The number of carbonyl (C=O) groups is 1. The Morgan fingerprint density at radius 2 is 1.86 bits per heavy atom. The number of pyridine rings is 1. The molecule has 0 atom stereocenters. The van der Waals surface area contributed by atoms with Crippen molar-refractivity contribution in [3.8, 4) is 11.4 Å². The van der Waals surface area contributed by atoms with E-state index < -0.39 is 0 Å². The van der Waals surface area contributed by atoms with E-state index in [0.29, 0.717) is 5.69 Å². The second-order valence-electron chi connectivity index (χ2n) is 4.73. The summed E-state index contributed by atoms with van der Waals surface area (Å²) in [6.07, 6.45) is 6.76. The zero-order valence-electron chi connectivity index (χ0n) is 11.8. The molecule has 0 unspecified atom stereocenters. The molecule has 0 aliphatic rings. The quantitative estimate of drug-likeness (QED) is 0.678. The van der Waals surface area contributed by atoms with Crippen LogP contribution in [0, 0.1) is 0 Å². The Morgan fingerprint density at radius 1 is 1.05 bits per heavy atom. The summed E-state index contributed by atoms with van der Waals surface area (Å²) in [5.74, 6) is -0.0404. The van der Waals surface area contributed by atoms with E-state index in [9.17, 15) is 4.79 Å². The van der Waals surface area contributed by atoms with Gasteiger partial charge in [-0.2, -0.15) is 0 Å². The fourth-order valence-corrected chi connectivity index (χ4v) is 1.97. The molecule has 2 heterocycles. The zero-order chi connectivity index (χ0) is 15.2. The number of hydrogen-bond donors (Lipinski definition) is 0. The van der Waals surface area contributed by atoms with Crippen molar-refractivity contribution < 1.29 is 4.79 Å². The maximum atomic E-state index is 11.9. The highest BCUT2D eigenvalue weighted by Gasteiger charge is 2.06. The molecule has 108 valence electrons. The predicted molar refractivity (Wildman–Crippen MR) is 83.7 cm³/mol. The lowest BCUT2D eigenvalue weighted by molar-refractivity contribution is -0.115. The number of hydrogen-bond acceptors (Lipinski definition) is 4. The molecule has 5 heteroatoms. The Labute approximate surface area is 127 Å². The number of rotatable bonds is 5. The van der Waals surface area contributed by atoms with E-state index in [-0.39, 0.29) is 12.3 Å². The molecular formula is C17H14N4O. The third kappa shape index (κ3) is 3.52. The summed E-state index contributed by atoms with van der Waals surface area (Å²) in [5.41, 5.74) is 2.38. The normalized spacial score (nSPS) is 10.9. The molecule has 0 aliphatic carbocycles. The SMILES string of the molecule is O=C(/C=C/c1ccccc1)Cn1cc(-c2ccccn2)nn1. The maximum Gasteiger partial charge on any atom is 0.177 e. The van der Waals surface area contributed by atoms with Crippen LogP contribution in [0.15, 0.2) is 67.0 Å². The van der Waals surface area contributed by atoms with Crippen LogP contribution in [0.2, 0.25) is 0 Å². The average Bonchev–Trinajstić information content (AvgIpc) is 3.03. The smallest absolute Gasteiger partial charge is 0.177 e. The standard InChI is InChI=1S/C17H14N4O/c22-15(10-9-14-6-2-1-3-7-14)12-21-13-17(19-20-21)16-8-4-5-11-18-16/h1-11,13H,12H2/b10-9+. The molecule has 0 N–H and O–H groups in total. The van der Waals surface area contributed by atoms with Gasteiger partial charge in [0.1, 0.15) is 12.2 Å². The number of carbonyl (C=O) groups excluding carboxylic acids is 1. The minimum Gasteiger partial charge on any atom is -0.293 e. The zero-order valence-corrected chi connectivity index (χ0v) is 11.8. The van der Waals surface area contributed by atoms with Gasteiger partial charge in [0.25, 0.3) is 0 Å². The number of aromatic nitrogens is 4. The molecule has 22 heavy (non-hydrogen) atoms. The Hall–Kier alpha value is -3.08. The number of benzene rings is 1. The van der Waals surface area contributed by atoms with E-state index in [2.05, 4.69) is 15.3 Å². The minimum absolute atomic E-state index is 0.0404. The lowest BCUT2D eigenvalue weighted by Crippen LogP contribution is -2.07. The van der Waals surface area contributed by atoms with Gasteiger partial charge in [0.15, 0.2) is 5.78 Å². The van der Waals surface area contributed by atoms with Crippen LogP contribution in [0.5, 0.6) is 0 Å². The van der Waals surface area contributed by atoms with Crippen molar-refractivity contribution in [2.24, 2.45) is 0 Å². The number of allylic oxidation sites excluding steroid dienone is 1.